The lowest BCUT2D eigenvalue weighted by Gasteiger charge is -2.12. The van der Waals surface area contributed by atoms with Crippen molar-refractivity contribution in [1.29, 1.82) is 0 Å². The first kappa shape index (κ1) is 6.99. The number of hydrogen-bond donors (Lipinski definition) is 2. The summed E-state index contributed by atoms with van der Waals surface area (Å²) >= 11 is 0. The number of aliphatic hydroxyl groups excluding tert-OH is 1. The average molecular weight is 131 g/mol. The van der Waals surface area contributed by atoms with E-state index in [1.54, 1.807) is 0 Å². The second-order valence-electron chi connectivity index (χ2n) is 2.38. The van der Waals surface area contributed by atoms with Gasteiger partial charge in [-0.2, -0.15) is 0 Å². The van der Waals surface area contributed by atoms with E-state index in [2.05, 4.69) is 5.32 Å². The standard InChI is InChI=1S/C6H13NO2/c1-7-6-4-9-3-5(6)2-8/h5-8H,2-4H2,1H3. The van der Waals surface area contributed by atoms with E-state index >= 15 is 0 Å². The van der Waals surface area contributed by atoms with Gasteiger partial charge in [-0.1, -0.05) is 0 Å². The molecule has 1 rings (SSSR count). The minimum absolute atomic E-state index is 0.228. The maximum Gasteiger partial charge on any atom is 0.0624 e. The highest BCUT2D eigenvalue weighted by Gasteiger charge is 2.25. The zero-order valence-electron chi connectivity index (χ0n) is 5.63. The first-order chi connectivity index (χ1) is 4.38. The van der Waals surface area contributed by atoms with Crippen LogP contribution < -0.4 is 5.32 Å². The highest BCUT2D eigenvalue weighted by atomic mass is 16.5. The topological polar surface area (TPSA) is 41.5 Å². The van der Waals surface area contributed by atoms with E-state index in [-0.39, 0.29) is 6.61 Å². The fourth-order valence-corrected chi connectivity index (χ4v) is 1.10. The summed E-state index contributed by atoms with van der Waals surface area (Å²) in [6.07, 6.45) is 0. The van der Waals surface area contributed by atoms with Crippen molar-refractivity contribution in [2.75, 3.05) is 26.9 Å². The SMILES string of the molecule is CNC1COCC1CO. The molecular weight excluding hydrogens is 118 g/mol. The van der Waals surface area contributed by atoms with Crippen molar-refractivity contribution in [2.24, 2.45) is 5.92 Å². The largest absolute Gasteiger partial charge is 0.396 e. The Balaban J connectivity index is 2.32. The number of likely N-dealkylation sites (N-methyl/N-ethyl adjacent to an activating group) is 1. The van der Waals surface area contributed by atoms with E-state index in [0.29, 0.717) is 18.6 Å². The van der Waals surface area contributed by atoms with Crippen LogP contribution in [-0.2, 0) is 4.74 Å². The normalized spacial score (nSPS) is 35.3. The second kappa shape index (κ2) is 3.15. The summed E-state index contributed by atoms with van der Waals surface area (Å²) in [4.78, 5) is 0. The summed E-state index contributed by atoms with van der Waals surface area (Å²) < 4.78 is 5.13. The van der Waals surface area contributed by atoms with Gasteiger partial charge in [-0.15, -0.1) is 0 Å². The van der Waals surface area contributed by atoms with Crippen molar-refractivity contribution in [3.05, 3.63) is 0 Å². The molecule has 1 saturated heterocycles. The molecule has 3 heteroatoms. The van der Waals surface area contributed by atoms with Gasteiger partial charge in [-0.05, 0) is 7.05 Å². The lowest BCUT2D eigenvalue weighted by atomic mass is 10.1. The molecule has 0 radical (unpaired) electrons. The van der Waals surface area contributed by atoms with Gasteiger partial charge in [-0.25, -0.2) is 0 Å². The van der Waals surface area contributed by atoms with E-state index < -0.39 is 0 Å². The molecule has 3 nitrogen and oxygen atoms in total. The number of ether oxygens (including phenoxy) is 1. The molecule has 0 bridgehead atoms. The van der Waals surface area contributed by atoms with Crippen LogP contribution in [0, 0.1) is 5.92 Å². The molecule has 0 amide bonds. The van der Waals surface area contributed by atoms with Gasteiger partial charge in [0.2, 0.25) is 0 Å². The highest BCUT2D eigenvalue weighted by molar-refractivity contribution is 4.78. The monoisotopic (exact) mass is 131 g/mol. The van der Waals surface area contributed by atoms with Crippen LogP contribution in [0.2, 0.25) is 0 Å². The van der Waals surface area contributed by atoms with Gasteiger partial charge in [0.15, 0.2) is 0 Å². The van der Waals surface area contributed by atoms with Crippen LogP contribution >= 0.6 is 0 Å². The fourth-order valence-electron chi connectivity index (χ4n) is 1.10. The third-order valence-electron chi connectivity index (χ3n) is 1.80. The van der Waals surface area contributed by atoms with Crippen LogP contribution in [0.5, 0.6) is 0 Å². The summed E-state index contributed by atoms with van der Waals surface area (Å²) in [6, 6.07) is 0.356. The first-order valence-electron chi connectivity index (χ1n) is 3.24. The van der Waals surface area contributed by atoms with Gasteiger partial charge in [0.25, 0.3) is 0 Å². The molecular formula is C6H13NO2. The predicted octanol–water partition coefficient (Wildman–Crippen LogP) is -0.787. The zero-order chi connectivity index (χ0) is 6.69. The Morgan fingerprint density at radius 1 is 1.67 bits per heavy atom. The van der Waals surface area contributed by atoms with Crippen molar-refractivity contribution >= 4 is 0 Å². The van der Waals surface area contributed by atoms with E-state index in [4.69, 9.17) is 9.84 Å². The minimum Gasteiger partial charge on any atom is -0.396 e. The van der Waals surface area contributed by atoms with Crippen LogP contribution in [-0.4, -0.2) is 38.0 Å². The lowest BCUT2D eigenvalue weighted by molar-refractivity contribution is 0.160. The minimum atomic E-state index is 0.228. The van der Waals surface area contributed by atoms with Crippen molar-refractivity contribution < 1.29 is 9.84 Å². The van der Waals surface area contributed by atoms with Gasteiger partial charge < -0.3 is 15.2 Å². The van der Waals surface area contributed by atoms with E-state index in [0.717, 1.165) is 6.61 Å². The Morgan fingerprint density at radius 2 is 2.44 bits per heavy atom. The van der Waals surface area contributed by atoms with Crippen LogP contribution in [0.15, 0.2) is 0 Å². The van der Waals surface area contributed by atoms with Crippen LogP contribution in [0.3, 0.4) is 0 Å². The third kappa shape index (κ3) is 1.41. The zero-order valence-corrected chi connectivity index (χ0v) is 5.63. The molecule has 1 heterocycles. The Hall–Kier alpha value is -0.120. The van der Waals surface area contributed by atoms with Gasteiger partial charge in [0.05, 0.1) is 13.2 Å². The van der Waals surface area contributed by atoms with Gasteiger partial charge in [0.1, 0.15) is 0 Å². The van der Waals surface area contributed by atoms with Gasteiger partial charge in [0, 0.05) is 18.6 Å². The van der Waals surface area contributed by atoms with Gasteiger partial charge >= 0.3 is 0 Å². The lowest BCUT2D eigenvalue weighted by Crippen LogP contribution is -2.34. The van der Waals surface area contributed by atoms with Crippen LogP contribution in [0.25, 0.3) is 0 Å². The summed E-state index contributed by atoms with van der Waals surface area (Å²) in [7, 11) is 1.89. The number of nitrogens with one attached hydrogen (secondary N) is 1. The number of hydrogen-bond acceptors (Lipinski definition) is 3. The summed E-state index contributed by atoms with van der Waals surface area (Å²) in [5.41, 5.74) is 0. The smallest absolute Gasteiger partial charge is 0.0624 e. The van der Waals surface area contributed by atoms with Gasteiger partial charge in [-0.3, -0.25) is 0 Å². The van der Waals surface area contributed by atoms with E-state index in [9.17, 15) is 0 Å². The molecule has 2 atom stereocenters. The molecule has 0 aromatic carbocycles. The Morgan fingerprint density at radius 3 is 2.89 bits per heavy atom. The number of rotatable bonds is 2. The molecule has 0 aliphatic carbocycles. The van der Waals surface area contributed by atoms with Crippen LogP contribution in [0.1, 0.15) is 0 Å². The molecule has 1 aliphatic heterocycles. The molecule has 2 unspecified atom stereocenters. The van der Waals surface area contributed by atoms with Crippen molar-refractivity contribution in [1.82, 2.24) is 5.32 Å². The molecule has 0 spiro atoms. The van der Waals surface area contributed by atoms with Crippen molar-refractivity contribution in [2.45, 2.75) is 6.04 Å². The van der Waals surface area contributed by atoms with Crippen molar-refractivity contribution in [3.8, 4) is 0 Å². The first-order valence-corrected chi connectivity index (χ1v) is 3.24. The maximum atomic E-state index is 8.75. The Bertz CT molecular complexity index is 77.1. The Labute approximate surface area is 55.0 Å². The third-order valence-corrected chi connectivity index (χ3v) is 1.80. The second-order valence-corrected chi connectivity index (χ2v) is 2.38. The summed E-state index contributed by atoms with van der Waals surface area (Å²) in [5.74, 6) is 0.301. The molecule has 1 fully saturated rings. The summed E-state index contributed by atoms with van der Waals surface area (Å²) in [6.45, 7) is 1.66. The number of aliphatic hydroxyl groups is 1. The van der Waals surface area contributed by atoms with Crippen LogP contribution in [0.4, 0.5) is 0 Å². The molecule has 0 aromatic heterocycles. The molecule has 0 aromatic rings. The molecule has 9 heavy (non-hydrogen) atoms. The van der Waals surface area contributed by atoms with E-state index in [1.807, 2.05) is 7.05 Å². The highest BCUT2D eigenvalue weighted by Crippen LogP contribution is 2.11. The average Bonchev–Trinajstić information content (AvgIpc) is 2.33. The molecule has 2 N–H and O–H groups in total. The Kier molecular flexibility index (Phi) is 2.45. The predicted molar refractivity (Wildman–Crippen MR) is 34.2 cm³/mol. The quantitative estimate of drug-likeness (QED) is 0.516. The summed E-state index contributed by atoms with van der Waals surface area (Å²) in [5, 5.41) is 11.8. The molecule has 0 saturated carbocycles. The van der Waals surface area contributed by atoms with E-state index in [1.165, 1.54) is 0 Å². The molecule has 54 valence electrons. The maximum absolute atomic E-state index is 8.75. The van der Waals surface area contributed by atoms with Crippen molar-refractivity contribution in [3.63, 3.8) is 0 Å². The fraction of sp³-hybridized carbons (Fsp3) is 1.00. The molecule has 1 aliphatic rings.